The van der Waals surface area contributed by atoms with E-state index in [0.29, 0.717) is 28.9 Å². The fourth-order valence-electron chi connectivity index (χ4n) is 3.32. The van der Waals surface area contributed by atoms with Crippen LogP contribution in [-0.4, -0.2) is 11.1 Å². The second kappa shape index (κ2) is 7.19. The van der Waals surface area contributed by atoms with Gasteiger partial charge in [-0.2, -0.15) is 0 Å². The maximum absolute atomic E-state index is 12.1. The SMILES string of the molecule is Cc1c(CC(=O)O)c(=O)oc2cc(OCc3ccc4ccccc4c3)ccc12. The van der Waals surface area contributed by atoms with Gasteiger partial charge in [0.25, 0.3) is 0 Å². The molecular formula is C23H18O5. The van der Waals surface area contributed by atoms with Gasteiger partial charge in [0.2, 0.25) is 0 Å². The van der Waals surface area contributed by atoms with E-state index in [4.69, 9.17) is 14.3 Å². The highest BCUT2D eigenvalue weighted by Gasteiger charge is 2.14. The molecule has 1 aromatic heterocycles. The van der Waals surface area contributed by atoms with Gasteiger partial charge in [0.05, 0.1) is 12.0 Å². The third-order valence-electron chi connectivity index (χ3n) is 4.81. The first kappa shape index (κ1) is 17.8. The lowest BCUT2D eigenvalue weighted by Crippen LogP contribution is -2.14. The van der Waals surface area contributed by atoms with Crippen LogP contribution in [0.1, 0.15) is 16.7 Å². The van der Waals surface area contributed by atoms with Crippen LogP contribution < -0.4 is 10.4 Å². The number of carboxylic acid groups (broad SMARTS) is 1. The van der Waals surface area contributed by atoms with Gasteiger partial charge in [-0.3, -0.25) is 4.79 Å². The molecule has 0 saturated carbocycles. The maximum atomic E-state index is 12.1. The Hall–Kier alpha value is -3.60. The lowest BCUT2D eigenvalue weighted by atomic mass is 10.0. The van der Waals surface area contributed by atoms with Crippen molar-refractivity contribution in [1.29, 1.82) is 0 Å². The average Bonchev–Trinajstić information content (AvgIpc) is 2.69. The van der Waals surface area contributed by atoms with Crippen LogP contribution >= 0.6 is 0 Å². The third kappa shape index (κ3) is 3.47. The van der Waals surface area contributed by atoms with Crippen molar-refractivity contribution in [3.8, 4) is 5.75 Å². The molecule has 5 heteroatoms. The summed E-state index contributed by atoms with van der Waals surface area (Å²) in [5.74, 6) is -0.487. The minimum atomic E-state index is -1.06. The number of ether oxygens (including phenoxy) is 1. The molecule has 140 valence electrons. The van der Waals surface area contributed by atoms with Gasteiger partial charge in [-0.1, -0.05) is 36.4 Å². The van der Waals surface area contributed by atoms with Crippen molar-refractivity contribution in [3.05, 3.63) is 87.8 Å². The van der Waals surface area contributed by atoms with Gasteiger partial charge in [0.15, 0.2) is 0 Å². The van der Waals surface area contributed by atoms with Crippen LogP contribution in [0.2, 0.25) is 0 Å². The zero-order valence-corrected chi connectivity index (χ0v) is 15.3. The molecule has 0 aliphatic carbocycles. The van der Waals surface area contributed by atoms with Crippen LogP contribution in [0, 0.1) is 6.92 Å². The zero-order valence-electron chi connectivity index (χ0n) is 15.3. The van der Waals surface area contributed by atoms with Gasteiger partial charge in [-0.15, -0.1) is 0 Å². The molecule has 3 aromatic carbocycles. The average molecular weight is 374 g/mol. The van der Waals surface area contributed by atoms with Crippen LogP contribution in [-0.2, 0) is 17.8 Å². The number of fused-ring (bicyclic) bond motifs is 2. The van der Waals surface area contributed by atoms with Crippen molar-refractivity contribution in [2.24, 2.45) is 0 Å². The number of hydrogen-bond donors (Lipinski definition) is 1. The Morgan fingerprint density at radius 1 is 1.04 bits per heavy atom. The standard InChI is InChI=1S/C23H18O5/c1-14-19-9-8-18(11-21(19)28-23(26)20(14)12-22(24)25)27-13-15-6-7-16-4-2-3-5-17(16)10-15/h2-11H,12-13H2,1H3,(H,24,25). The van der Waals surface area contributed by atoms with Crippen molar-refractivity contribution < 1.29 is 19.1 Å². The van der Waals surface area contributed by atoms with E-state index in [1.807, 2.05) is 18.2 Å². The van der Waals surface area contributed by atoms with Gasteiger partial charge in [0, 0.05) is 11.5 Å². The molecule has 0 bridgehead atoms. The first-order valence-corrected chi connectivity index (χ1v) is 8.90. The van der Waals surface area contributed by atoms with E-state index in [2.05, 4.69) is 24.3 Å². The predicted molar refractivity (Wildman–Crippen MR) is 107 cm³/mol. The molecular weight excluding hydrogens is 356 g/mol. The van der Waals surface area contributed by atoms with Crippen LogP contribution in [0.25, 0.3) is 21.7 Å². The molecule has 0 radical (unpaired) electrons. The molecule has 28 heavy (non-hydrogen) atoms. The molecule has 1 N–H and O–H groups in total. The third-order valence-corrected chi connectivity index (χ3v) is 4.81. The summed E-state index contributed by atoms with van der Waals surface area (Å²) in [6, 6.07) is 19.5. The number of benzene rings is 3. The Kier molecular flexibility index (Phi) is 4.57. The largest absolute Gasteiger partial charge is 0.489 e. The molecule has 0 unspecified atom stereocenters. The number of aryl methyl sites for hydroxylation is 1. The molecule has 4 aromatic rings. The molecule has 0 atom stereocenters. The summed E-state index contributed by atoms with van der Waals surface area (Å²) in [6.07, 6.45) is -0.357. The fourth-order valence-corrected chi connectivity index (χ4v) is 3.32. The van der Waals surface area contributed by atoms with Gasteiger partial charge in [0.1, 0.15) is 17.9 Å². The quantitative estimate of drug-likeness (QED) is 0.522. The van der Waals surface area contributed by atoms with E-state index in [0.717, 1.165) is 10.9 Å². The highest BCUT2D eigenvalue weighted by molar-refractivity contribution is 5.84. The highest BCUT2D eigenvalue weighted by atomic mass is 16.5. The maximum Gasteiger partial charge on any atom is 0.340 e. The lowest BCUT2D eigenvalue weighted by molar-refractivity contribution is -0.136. The van der Waals surface area contributed by atoms with E-state index >= 15 is 0 Å². The molecule has 0 spiro atoms. The number of hydrogen-bond acceptors (Lipinski definition) is 4. The van der Waals surface area contributed by atoms with E-state index in [1.165, 1.54) is 5.39 Å². The van der Waals surface area contributed by atoms with Crippen LogP contribution in [0.4, 0.5) is 0 Å². The Morgan fingerprint density at radius 3 is 2.61 bits per heavy atom. The molecule has 5 nitrogen and oxygen atoms in total. The Balaban J connectivity index is 1.60. The molecule has 0 saturated heterocycles. The van der Waals surface area contributed by atoms with E-state index in [9.17, 15) is 9.59 Å². The molecule has 0 amide bonds. The van der Waals surface area contributed by atoms with Crippen molar-refractivity contribution in [3.63, 3.8) is 0 Å². The zero-order chi connectivity index (χ0) is 19.7. The molecule has 0 aliphatic rings. The van der Waals surface area contributed by atoms with Crippen molar-refractivity contribution in [2.45, 2.75) is 20.0 Å². The number of carboxylic acids is 1. The highest BCUT2D eigenvalue weighted by Crippen LogP contribution is 2.25. The minimum Gasteiger partial charge on any atom is -0.489 e. The Labute approximate surface area is 160 Å². The molecule has 0 aliphatic heterocycles. The number of rotatable bonds is 5. The second-order valence-corrected chi connectivity index (χ2v) is 6.69. The topological polar surface area (TPSA) is 76.7 Å². The van der Waals surface area contributed by atoms with Crippen LogP contribution in [0.3, 0.4) is 0 Å². The first-order valence-electron chi connectivity index (χ1n) is 8.90. The number of carbonyl (C=O) groups is 1. The molecule has 0 fully saturated rings. The van der Waals surface area contributed by atoms with Crippen LogP contribution in [0.5, 0.6) is 5.75 Å². The summed E-state index contributed by atoms with van der Waals surface area (Å²) in [5.41, 5.74) is 1.58. The van der Waals surface area contributed by atoms with E-state index in [-0.39, 0.29) is 12.0 Å². The summed E-state index contributed by atoms with van der Waals surface area (Å²) < 4.78 is 11.2. The van der Waals surface area contributed by atoms with Crippen molar-refractivity contribution in [1.82, 2.24) is 0 Å². The van der Waals surface area contributed by atoms with Gasteiger partial charge in [-0.25, -0.2) is 4.79 Å². The van der Waals surface area contributed by atoms with E-state index < -0.39 is 11.6 Å². The van der Waals surface area contributed by atoms with Gasteiger partial charge < -0.3 is 14.3 Å². The monoisotopic (exact) mass is 374 g/mol. The Bertz CT molecular complexity index is 1250. The van der Waals surface area contributed by atoms with E-state index in [1.54, 1.807) is 25.1 Å². The predicted octanol–water partition coefficient (Wildman–Crippen LogP) is 4.46. The smallest absolute Gasteiger partial charge is 0.340 e. The summed E-state index contributed by atoms with van der Waals surface area (Å²) >= 11 is 0. The minimum absolute atomic E-state index is 0.171. The van der Waals surface area contributed by atoms with Crippen molar-refractivity contribution >= 4 is 27.7 Å². The van der Waals surface area contributed by atoms with Crippen LogP contribution in [0.15, 0.2) is 69.9 Å². The molecule has 4 rings (SSSR count). The summed E-state index contributed by atoms with van der Waals surface area (Å²) in [6.45, 7) is 2.11. The fraction of sp³-hybridized carbons (Fsp3) is 0.130. The lowest BCUT2D eigenvalue weighted by Gasteiger charge is -2.10. The second-order valence-electron chi connectivity index (χ2n) is 6.69. The normalized spacial score (nSPS) is 11.0. The summed E-state index contributed by atoms with van der Waals surface area (Å²) in [5, 5.41) is 12.0. The Morgan fingerprint density at radius 2 is 1.82 bits per heavy atom. The summed E-state index contributed by atoms with van der Waals surface area (Å²) in [4.78, 5) is 23.1. The van der Waals surface area contributed by atoms with Crippen molar-refractivity contribution in [2.75, 3.05) is 0 Å². The molecule has 1 heterocycles. The first-order chi connectivity index (χ1) is 13.5. The summed E-state index contributed by atoms with van der Waals surface area (Å²) in [7, 11) is 0. The van der Waals surface area contributed by atoms with Gasteiger partial charge in [-0.05, 0) is 47.0 Å². The number of aliphatic carboxylic acids is 1. The van der Waals surface area contributed by atoms with Gasteiger partial charge >= 0.3 is 11.6 Å².